The van der Waals surface area contributed by atoms with Crippen molar-refractivity contribution in [3.63, 3.8) is 0 Å². The molecule has 2 heterocycles. The monoisotopic (exact) mass is 288 g/mol. The van der Waals surface area contributed by atoms with Crippen molar-refractivity contribution in [1.29, 1.82) is 0 Å². The van der Waals surface area contributed by atoms with Crippen LogP contribution in [0.4, 0.5) is 5.82 Å². The summed E-state index contributed by atoms with van der Waals surface area (Å²) in [6.45, 7) is 3.26. The number of rotatable bonds is 6. The van der Waals surface area contributed by atoms with Crippen LogP contribution < -0.4 is 5.73 Å². The van der Waals surface area contributed by atoms with Gasteiger partial charge in [0.25, 0.3) is 0 Å². The molecule has 21 heavy (non-hydrogen) atoms. The summed E-state index contributed by atoms with van der Waals surface area (Å²) in [5, 5.41) is 0. The summed E-state index contributed by atoms with van der Waals surface area (Å²) in [7, 11) is 2.23. The summed E-state index contributed by atoms with van der Waals surface area (Å²) in [5.41, 5.74) is 7.34. The number of nitrogen functional groups attached to an aromatic ring is 1. The number of nitrogens with two attached hydrogens (primary N) is 1. The van der Waals surface area contributed by atoms with Gasteiger partial charge < -0.3 is 15.2 Å². The minimum Gasteiger partial charge on any atom is -0.382 e. The Kier molecular flexibility index (Phi) is 4.34. The summed E-state index contributed by atoms with van der Waals surface area (Å²) in [6, 6.07) is 0. The Morgan fingerprint density at radius 1 is 1.29 bits per heavy atom. The van der Waals surface area contributed by atoms with E-state index in [0.717, 1.165) is 31.1 Å². The average Bonchev–Trinajstić information content (AvgIpc) is 3.10. The van der Waals surface area contributed by atoms with Crippen LogP contribution >= 0.6 is 0 Å². The molecule has 6 nitrogen and oxygen atoms in total. The van der Waals surface area contributed by atoms with E-state index in [0.29, 0.717) is 11.3 Å². The highest BCUT2D eigenvalue weighted by atomic mass is 15.1. The minimum atomic E-state index is 0.456. The van der Waals surface area contributed by atoms with Crippen molar-refractivity contribution in [2.24, 2.45) is 5.92 Å². The van der Waals surface area contributed by atoms with Crippen LogP contribution in [0.25, 0.3) is 11.2 Å². The van der Waals surface area contributed by atoms with Crippen molar-refractivity contribution in [2.45, 2.75) is 38.6 Å². The highest BCUT2D eigenvalue weighted by Crippen LogP contribution is 2.25. The molecule has 3 rings (SSSR count). The standard InChI is InChI=1S/C15H24N6/c1-20(9-12-5-2-3-6-12)7-4-8-21-11-19-13-14(16)17-10-18-15(13)21/h10-12H,2-9H2,1H3,(H2,16,17,18). The van der Waals surface area contributed by atoms with Gasteiger partial charge in [0.15, 0.2) is 11.5 Å². The third kappa shape index (κ3) is 3.32. The van der Waals surface area contributed by atoms with Gasteiger partial charge in [0.2, 0.25) is 0 Å². The van der Waals surface area contributed by atoms with Gasteiger partial charge in [-0.15, -0.1) is 0 Å². The van der Waals surface area contributed by atoms with Crippen molar-refractivity contribution in [3.05, 3.63) is 12.7 Å². The number of fused-ring (bicyclic) bond motifs is 1. The molecule has 1 aliphatic carbocycles. The van der Waals surface area contributed by atoms with Gasteiger partial charge in [-0.1, -0.05) is 12.8 Å². The smallest absolute Gasteiger partial charge is 0.165 e. The Bertz CT molecular complexity index is 587. The average molecular weight is 288 g/mol. The van der Waals surface area contributed by atoms with Crippen molar-refractivity contribution < 1.29 is 0 Å². The van der Waals surface area contributed by atoms with Gasteiger partial charge in [0, 0.05) is 13.1 Å². The zero-order valence-corrected chi connectivity index (χ0v) is 12.7. The van der Waals surface area contributed by atoms with Crippen LogP contribution in [0.2, 0.25) is 0 Å². The molecule has 0 unspecified atom stereocenters. The summed E-state index contributed by atoms with van der Waals surface area (Å²) < 4.78 is 2.07. The van der Waals surface area contributed by atoms with E-state index in [9.17, 15) is 0 Å². The maximum atomic E-state index is 5.80. The lowest BCUT2D eigenvalue weighted by molar-refractivity contribution is 0.271. The first-order valence-electron chi connectivity index (χ1n) is 7.84. The molecule has 1 fully saturated rings. The van der Waals surface area contributed by atoms with Crippen molar-refractivity contribution in [3.8, 4) is 0 Å². The lowest BCUT2D eigenvalue weighted by atomic mass is 10.1. The van der Waals surface area contributed by atoms with Crippen LogP contribution in [0.5, 0.6) is 0 Å². The van der Waals surface area contributed by atoms with Gasteiger partial charge in [-0.3, -0.25) is 0 Å². The number of hydrogen-bond acceptors (Lipinski definition) is 5. The number of hydrogen-bond donors (Lipinski definition) is 1. The topological polar surface area (TPSA) is 72.9 Å². The van der Waals surface area contributed by atoms with Crippen LogP contribution in [-0.4, -0.2) is 44.6 Å². The van der Waals surface area contributed by atoms with E-state index in [1.54, 1.807) is 0 Å². The third-order valence-electron chi connectivity index (χ3n) is 4.41. The SMILES string of the molecule is CN(CCCn1cnc2c(N)ncnc21)CC1CCCC1. The molecule has 0 atom stereocenters. The molecule has 6 heteroatoms. The fraction of sp³-hybridized carbons (Fsp3) is 0.667. The molecule has 2 aromatic rings. The Balaban J connectivity index is 1.51. The van der Waals surface area contributed by atoms with Crippen LogP contribution in [0.1, 0.15) is 32.1 Å². The van der Waals surface area contributed by atoms with Crippen molar-refractivity contribution >= 4 is 17.0 Å². The van der Waals surface area contributed by atoms with Gasteiger partial charge in [0.1, 0.15) is 11.8 Å². The zero-order chi connectivity index (χ0) is 14.7. The first-order chi connectivity index (χ1) is 10.2. The largest absolute Gasteiger partial charge is 0.382 e. The van der Waals surface area contributed by atoms with Crippen LogP contribution in [0.15, 0.2) is 12.7 Å². The van der Waals surface area contributed by atoms with Crippen LogP contribution in [0.3, 0.4) is 0 Å². The Morgan fingerprint density at radius 3 is 2.90 bits per heavy atom. The molecular formula is C15H24N6. The summed E-state index contributed by atoms with van der Waals surface area (Å²) in [4.78, 5) is 15.0. The molecule has 1 aliphatic rings. The molecule has 1 saturated carbocycles. The molecule has 0 saturated heterocycles. The highest BCUT2D eigenvalue weighted by molar-refractivity contribution is 5.80. The molecule has 0 bridgehead atoms. The lowest BCUT2D eigenvalue weighted by Gasteiger charge is -2.20. The molecule has 114 valence electrons. The third-order valence-corrected chi connectivity index (χ3v) is 4.41. The number of anilines is 1. The predicted octanol–water partition coefficient (Wildman–Crippen LogP) is 1.92. The number of imidazole rings is 1. The van der Waals surface area contributed by atoms with Gasteiger partial charge in [-0.2, -0.15) is 0 Å². The van der Waals surface area contributed by atoms with Crippen molar-refractivity contribution in [1.82, 2.24) is 24.4 Å². The van der Waals surface area contributed by atoms with Gasteiger partial charge >= 0.3 is 0 Å². The first kappa shape index (κ1) is 14.3. The lowest BCUT2D eigenvalue weighted by Crippen LogP contribution is -2.26. The normalized spacial score (nSPS) is 16.3. The van der Waals surface area contributed by atoms with E-state index in [-0.39, 0.29) is 0 Å². The minimum absolute atomic E-state index is 0.456. The van der Waals surface area contributed by atoms with E-state index >= 15 is 0 Å². The Labute approximate surface area is 125 Å². The second-order valence-electron chi connectivity index (χ2n) is 6.14. The highest BCUT2D eigenvalue weighted by Gasteiger charge is 2.16. The fourth-order valence-corrected chi connectivity index (χ4v) is 3.30. The fourth-order valence-electron chi connectivity index (χ4n) is 3.30. The van der Waals surface area contributed by atoms with Gasteiger partial charge in [0.05, 0.1) is 6.33 Å². The molecule has 0 amide bonds. The number of nitrogens with zero attached hydrogens (tertiary/aromatic N) is 5. The molecule has 2 N–H and O–H groups in total. The summed E-state index contributed by atoms with van der Waals surface area (Å²) in [6.07, 6.45) is 10.1. The maximum absolute atomic E-state index is 5.80. The van der Waals surface area contributed by atoms with E-state index in [1.807, 2.05) is 6.33 Å². The second-order valence-corrected chi connectivity index (χ2v) is 6.14. The molecular weight excluding hydrogens is 264 g/mol. The Morgan fingerprint density at radius 2 is 2.10 bits per heavy atom. The van der Waals surface area contributed by atoms with E-state index < -0.39 is 0 Å². The van der Waals surface area contributed by atoms with E-state index in [1.165, 1.54) is 38.6 Å². The number of aromatic nitrogens is 4. The molecule has 0 aliphatic heterocycles. The van der Waals surface area contributed by atoms with Crippen LogP contribution in [0, 0.1) is 5.92 Å². The maximum Gasteiger partial charge on any atom is 0.165 e. The Hall–Kier alpha value is -1.69. The molecule has 2 aromatic heterocycles. The quantitative estimate of drug-likeness (QED) is 0.879. The molecule has 0 aromatic carbocycles. The van der Waals surface area contributed by atoms with Crippen molar-refractivity contribution in [2.75, 3.05) is 25.9 Å². The van der Waals surface area contributed by atoms with Gasteiger partial charge in [-0.05, 0) is 38.8 Å². The first-order valence-corrected chi connectivity index (χ1v) is 7.84. The summed E-state index contributed by atoms with van der Waals surface area (Å²) in [5.74, 6) is 1.37. The summed E-state index contributed by atoms with van der Waals surface area (Å²) >= 11 is 0. The van der Waals surface area contributed by atoms with E-state index in [4.69, 9.17) is 5.73 Å². The number of aryl methyl sites for hydroxylation is 1. The van der Waals surface area contributed by atoms with Gasteiger partial charge in [-0.25, -0.2) is 15.0 Å². The molecule has 0 spiro atoms. The van der Waals surface area contributed by atoms with E-state index in [2.05, 4.69) is 31.5 Å². The molecule has 0 radical (unpaired) electrons. The second kappa shape index (κ2) is 6.39. The van der Waals surface area contributed by atoms with Crippen LogP contribution in [-0.2, 0) is 6.54 Å². The zero-order valence-electron chi connectivity index (χ0n) is 12.7. The predicted molar refractivity (Wildman–Crippen MR) is 83.8 cm³/mol.